The summed E-state index contributed by atoms with van der Waals surface area (Å²) in [6, 6.07) is 0. The average molecular weight is 318 g/mol. The van der Waals surface area contributed by atoms with Gasteiger partial charge in [0.1, 0.15) is 11.7 Å². The van der Waals surface area contributed by atoms with Crippen molar-refractivity contribution in [3.05, 3.63) is 22.8 Å². The molecule has 0 aromatic carbocycles. The molecule has 6 heteroatoms. The lowest BCUT2D eigenvalue weighted by Gasteiger charge is -2.37. The zero-order valence-electron chi connectivity index (χ0n) is 13.7. The molecular weight excluding hydrogens is 294 g/mol. The summed E-state index contributed by atoms with van der Waals surface area (Å²) in [5, 5.41) is 18.0. The maximum absolute atomic E-state index is 14.9. The fraction of sp³-hybridized carbons (Fsp3) is 0.625. The molecule has 126 valence electrons. The summed E-state index contributed by atoms with van der Waals surface area (Å²) in [5.74, 6) is -5.76. The largest absolute Gasteiger partial charge is 0.478 e. The Labute approximate surface area is 129 Å². The monoisotopic (exact) mass is 318 g/mol. The number of hydrogen-bond acceptors (Lipinski definition) is 2. The topological polar surface area (TPSA) is 74.6 Å². The van der Waals surface area contributed by atoms with Crippen LogP contribution in [0.4, 0.5) is 8.78 Å². The Balaban J connectivity index is 6.66. The molecule has 0 aromatic heterocycles. The molecule has 0 aliphatic heterocycles. The van der Waals surface area contributed by atoms with Gasteiger partial charge in [0, 0.05) is 0 Å². The molecule has 4 nitrogen and oxygen atoms in total. The number of carboxylic acid groups (broad SMARTS) is 2. The van der Waals surface area contributed by atoms with Crippen molar-refractivity contribution in [2.75, 3.05) is 0 Å². The number of rotatable bonds is 8. The molecule has 0 aromatic rings. The predicted molar refractivity (Wildman–Crippen MR) is 79.7 cm³/mol. The highest BCUT2D eigenvalue weighted by Crippen LogP contribution is 2.51. The summed E-state index contributed by atoms with van der Waals surface area (Å²) in [6.45, 7) is 7.16. The molecule has 22 heavy (non-hydrogen) atoms. The van der Waals surface area contributed by atoms with E-state index in [1.807, 2.05) is 0 Å². The average Bonchev–Trinajstić information content (AvgIpc) is 2.48. The molecule has 0 saturated carbocycles. The first-order valence-corrected chi connectivity index (χ1v) is 7.28. The van der Waals surface area contributed by atoms with Crippen molar-refractivity contribution in [3.8, 4) is 0 Å². The minimum atomic E-state index is -1.85. The van der Waals surface area contributed by atoms with Crippen molar-refractivity contribution >= 4 is 11.9 Å². The van der Waals surface area contributed by atoms with E-state index < -0.39 is 46.1 Å². The maximum Gasteiger partial charge on any atom is 0.333 e. The quantitative estimate of drug-likeness (QED) is 0.647. The first kappa shape index (κ1) is 20.3. The number of aliphatic carboxylic acids is 2. The fourth-order valence-electron chi connectivity index (χ4n) is 2.59. The smallest absolute Gasteiger partial charge is 0.333 e. The molecule has 1 unspecified atom stereocenters. The van der Waals surface area contributed by atoms with Gasteiger partial charge in [0.05, 0.1) is 16.6 Å². The molecule has 0 aliphatic rings. The normalized spacial score (nSPS) is 18.0. The van der Waals surface area contributed by atoms with Gasteiger partial charge in [-0.1, -0.05) is 33.6 Å². The van der Waals surface area contributed by atoms with Gasteiger partial charge in [0.25, 0.3) is 0 Å². The van der Waals surface area contributed by atoms with Crippen molar-refractivity contribution in [1.29, 1.82) is 0 Å². The standard InChI is InChI=1S/C16H24F2O4/c1-6-8-16(9(3)7-2,12(17)10(4)14(19)20)13(18)11(5)15(21)22/h9H,6-8H2,1-5H3,(H,19,20)(H,21,22). The Morgan fingerprint density at radius 2 is 1.36 bits per heavy atom. The maximum atomic E-state index is 14.9. The highest BCUT2D eigenvalue weighted by Gasteiger charge is 2.46. The molecule has 1 atom stereocenters. The Bertz CT molecular complexity index is 470. The minimum absolute atomic E-state index is 0.00505. The predicted octanol–water partition coefficient (Wildman–Crippen LogP) is 4.48. The summed E-state index contributed by atoms with van der Waals surface area (Å²) >= 11 is 0. The summed E-state index contributed by atoms with van der Waals surface area (Å²) in [7, 11) is 0. The van der Waals surface area contributed by atoms with E-state index in [0.29, 0.717) is 12.8 Å². The molecule has 0 amide bonds. The number of carbonyl (C=O) groups is 2. The second-order valence-electron chi connectivity index (χ2n) is 5.52. The van der Waals surface area contributed by atoms with E-state index in [-0.39, 0.29) is 6.42 Å². The van der Waals surface area contributed by atoms with Gasteiger partial charge in [-0.2, -0.15) is 0 Å². The van der Waals surface area contributed by atoms with E-state index in [9.17, 15) is 18.4 Å². The van der Waals surface area contributed by atoms with Crippen LogP contribution in [0.5, 0.6) is 0 Å². The summed E-state index contributed by atoms with van der Waals surface area (Å²) in [6.07, 6.45) is 0.751. The van der Waals surface area contributed by atoms with Crippen LogP contribution in [0.3, 0.4) is 0 Å². The molecule has 0 rings (SSSR count). The number of halogens is 2. The number of hydrogen-bond donors (Lipinski definition) is 2. The van der Waals surface area contributed by atoms with Crippen molar-refractivity contribution in [2.45, 2.75) is 53.9 Å². The van der Waals surface area contributed by atoms with Crippen LogP contribution in [0.15, 0.2) is 22.8 Å². The highest BCUT2D eigenvalue weighted by molar-refractivity contribution is 5.88. The lowest BCUT2D eigenvalue weighted by atomic mass is 9.68. The van der Waals surface area contributed by atoms with Crippen molar-refractivity contribution in [1.82, 2.24) is 0 Å². The molecule has 0 saturated heterocycles. The van der Waals surface area contributed by atoms with Crippen LogP contribution in [0.25, 0.3) is 0 Å². The van der Waals surface area contributed by atoms with Crippen molar-refractivity contribution < 1.29 is 28.6 Å². The first-order chi connectivity index (χ1) is 10.1. The zero-order chi connectivity index (χ0) is 17.7. The Kier molecular flexibility index (Phi) is 7.43. The third kappa shape index (κ3) is 3.72. The van der Waals surface area contributed by atoms with Gasteiger partial charge in [0.15, 0.2) is 0 Å². The lowest BCUT2D eigenvalue weighted by molar-refractivity contribution is -0.133. The zero-order valence-corrected chi connectivity index (χ0v) is 13.7. The lowest BCUT2D eigenvalue weighted by Crippen LogP contribution is -2.33. The van der Waals surface area contributed by atoms with Gasteiger partial charge in [-0.15, -0.1) is 0 Å². The van der Waals surface area contributed by atoms with Crippen LogP contribution in [0.1, 0.15) is 53.9 Å². The van der Waals surface area contributed by atoms with E-state index >= 15 is 0 Å². The van der Waals surface area contributed by atoms with Crippen LogP contribution in [0, 0.1) is 11.3 Å². The molecule has 2 N–H and O–H groups in total. The Morgan fingerprint density at radius 1 is 1.00 bits per heavy atom. The van der Waals surface area contributed by atoms with Crippen LogP contribution in [-0.4, -0.2) is 22.2 Å². The van der Waals surface area contributed by atoms with Crippen molar-refractivity contribution in [2.24, 2.45) is 11.3 Å². The highest BCUT2D eigenvalue weighted by atomic mass is 19.1. The second kappa shape index (κ2) is 8.06. The first-order valence-electron chi connectivity index (χ1n) is 7.28. The molecule has 0 radical (unpaired) electrons. The van der Waals surface area contributed by atoms with E-state index in [1.54, 1.807) is 20.8 Å². The van der Waals surface area contributed by atoms with Gasteiger partial charge in [-0.3, -0.25) is 0 Å². The summed E-state index contributed by atoms with van der Waals surface area (Å²) in [5.41, 5.74) is -3.04. The number of carboxylic acids is 2. The third-order valence-corrected chi connectivity index (χ3v) is 4.18. The van der Waals surface area contributed by atoms with Crippen LogP contribution >= 0.6 is 0 Å². The molecular formula is C16H24F2O4. The van der Waals surface area contributed by atoms with Crippen molar-refractivity contribution in [3.63, 3.8) is 0 Å². The van der Waals surface area contributed by atoms with Gasteiger partial charge in [-0.25, -0.2) is 18.4 Å². The number of allylic oxidation sites excluding steroid dienone is 2. The Hall–Kier alpha value is -1.72. The summed E-state index contributed by atoms with van der Waals surface area (Å²) < 4.78 is 29.8. The molecule has 0 heterocycles. The van der Waals surface area contributed by atoms with Crippen LogP contribution in [0.2, 0.25) is 0 Å². The van der Waals surface area contributed by atoms with E-state index in [1.165, 1.54) is 0 Å². The fourth-order valence-corrected chi connectivity index (χ4v) is 2.59. The summed E-state index contributed by atoms with van der Waals surface area (Å²) in [4.78, 5) is 22.2. The van der Waals surface area contributed by atoms with Gasteiger partial charge >= 0.3 is 11.9 Å². The SMILES string of the molecule is CCCC(C(F)=C(C)C(=O)O)(C(F)=C(C)C(=O)O)C(C)CC. The van der Waals surface area contributed by atoms with E-state index in [4.69, 9.17) is 10.2 Å². The second-order valence-corrected chi connectivity index (χ2v) is 5.52. The van der Waals surface area contributed by atoms with E-state index in [2.05, 4.69) is 0 Å². The van der Waals surface area contributed by atoms with E-state index in [0.717, 1.165) is 13.8 Å². The van der Waals surface area contributed by atoms with Gasteiger partial charge in [0.2, 0.25) is 0 Å². The minimum Gasteiger partial charge on any atom is -0.478 e. The molecule has 0 fully saturated rings. The third-order valence-electron chi connectivity index (χ3n) is 4.18. The molecule has 0 bridgehead atoms. The van der Waals surface area contributed by atoms with Crippen LogP contribution in [-0.2, 0) is 9.59 Å². The van der Waals surface area contributed by atoms with Gasteiger partial charge in [-0.05, 0) is 26.2 Å². The molecule has 0 aliphatic carbocycles. The van der Waals surface area contributed by atoms with Crippen LogP contribution < -0.4 is 0 Å². The van der Waals surface area contributed by atoms with Gasteiger partial charge < -0.3 is 10.2 Å². The molecule has 0 spiro atoms. The Morgan fingerprint density at radius 3 is 1.59 bits per heavy atom.